The first kappa shape index (κ1) is 20.7. The summed E-state index contributed by atoms with van der Waals surface area (Å²) in [6.07, 6.45) is 7.38. The van der Waals surface area contributed by atoms with Crippen molar-refractivity contribution in [1.82, 2.24) is 0 Å². The van der Waals surface area contributed by atoms with Crippen molar-refractivity contribution in [2.75, 3.05) is 5.32 Å². The Bertz CT molecular complexity index is 543. The molecule has 0 aromatic carbocycles. The normalized spacial score (nSPS) is 11.4. The van der Waals surface area contributed by atoms with E-state index >= 15 is 0 Å². The van der Waals surface area contributed by atoms with Gasteiger partial charge in [-0.3, -0.25) is 4.79 Å². The largest absolute Gasteiger partial charge is 0.456 e. The predicted octanol–water partition coefficient (Wildman–Crippen LogP) is 5.70. The Morgan fingerprint density at radius 2 is 1.75 bits per heavy atom. The van der Waals surface area contributed by atoms with Crippen LogP contribution in [0.15, 0.2) is 6.07 Å². The molecule has 1 heterocycles. The zero-order chi connectivity index (χ0) is 18.2. The molecule has 1 N–H and O–H groups in total. The number of amides is 1. The fourth-order valence-electron chi connectivity index (χ4n) is 2.35. The Morgan fingerprint density at radius 3 is 2.38 bits per heavy atom. The third-order valence-corrected chi connectivity index (χ3v) is 4.45. The second-order valence-electron chi connectivity index (χ2n) is 7.17. The van der Waals surface area contributed by atoms with Gasteiger partial charge in [0.25, 0.3) is 0 Å². The molecule has 0 radical (unpaired) electrons. The van der Waals surface area contributed by atoms with Crippen molar-refractivity contribution in [3.63, 3.8) is 0 Å². The molecular formula is C19H31NO3S. The minimum absolute atomic E-state index is 0.0304. The standard InChI is InChI=1S/C19H31NO3S/c1-6-7-8-9-10-11-12-16(21)20-17-15(13-14(2)24-17)18(22)23-19(3,4)5/h13H,6-12H2,1-5H3,(H,20,21). The van der Waals surface area contributed by atoms with Crippen LogP contribution in [0.2, 0.25) is 0 Å². The second-order valence-corrected chi connectivity index (χ2v) is 8.42. The summed E-state index contributed by atoms with van der Waals surface area (Å²) in [6.45, 7) is 9.61. The number of thiophene rings is 1. The number of nitrogens with one attached hydrogen (secondary N) is 1. The molecule has 1 rings (SSSR count). The zero-order valence-electron chi connectivity index (χ0n) is 15.7. The number of unbranched alkanes of at least 4 members (excludes halogenated alkanes) is 5. The van der Waals surface area contributed by atoms with Crippen molar-refractivity contribution in [1.29, 1.82) is 0 Å². The maximum Gasteiger partial charge on any atom is 0.341 e. The van der Waals surface area contributed by atoms with Gasteiger partial charge in [0.15, 0.2) is 0 Å². The Morgan fingerprint density at radius 1 is 1.12 bits per heavy atom. The first-order valence-corrected chi connectivity index (χ1v) is 9.68. The van der Waals surface area contributed by atoms with E-state index in [1.807, 2.05) is 27.7 Å². The summed E-state index contributed by atoms with van der Waals surface area (Å²) in [6, 6.07) is 1.78. The lowest BCUT2D eigenvalue weighted by atomic mass is 10.1. The molecule has 0 saturated heterocycles. The first-order valence-electron chi connectivity index (χ1n) is 8.86. The zero-order valence-corrected chi connectivity index (χ0v) is 16.5. The molecule has 0 bridgehead atoms. The number of carbonyl (C=O) groups excluding carboxylic acids is 2. The Hall–Kier alpha value is -1.36. The van der Waals surface area contributed by atoms with E-state index in [2.05, 4.69) is 12.2 Å². The number of hydrogen-bond acceptors (Lipinski definition) is 4. The Kier molecular flexibility index (Phi) is 8.46. The summed E-state index contributed by atoms with van der Waals surface area (Å²) in [5.41, 5.74) is -0.101. The van der Waals surface area contributed by atoms with E-state index < -0.39 is 5.60 Å². The number of rotatable bonds is 9. The third kappa shape index (κ3) is 7.95. The second kappa shape index (κ2) is 9.82. The molecule has 0 aliphatic heterocycles. The maximum absolute atomic E-state index is 12.3. The molecule has 5 heteroatoms. The van der Waals surface area contributed by atoms with Crippen LogP contribution >= 0.6 is 11.3 Å². The average Bonchev–Trinajstić information content (AvgIpc) is 2.81. The Labute approximate surface area is 150 Å². The highest BCUT2D eigenvalue weighted by atomic mass is 32.1. The monoisotopic (exact) mass is 353 g/mol. The lowest BCUT2D eigenvalue weighted by molar-refractivity contribution is -0.116. The van der Waals surface area contributed by atoms with E-state index in [-0.39, 0.29) is 11.9 Å². The van der Waals surface area contributed by atoms with Crippen LogP contribution in [0.3, 0.4) is 0 Å². The van der Waals surface area contributed by atoms with Crippen LogP contribution in [0.4, 0.5) is 5.00 Å². The molecule has 24 heavy (non-hydrogen) atoms. The summed E-state index contributed by atoms with van der Waals surface area (Å²) < 4.78 is 5.41. The van der Waals surface area contributed by atoms with Crippen molar-refractivity contribution < 1.29 is 14.3 Å². The molecule has 0 aliphatic carbocycles. The van der Waals surface area contributed by atoms with Crippen molar-refractivity contribution in [3.8, 4) is 0 Å². The van der Waals surface area contributed by atoms with Gasteiger partial charge < -0.3 is 10.1 Å². The average molecular weight is 354 g/mol. The molecule has 1 aromatic rings. The molecule has 0 saturated carbocycles. The number of esters is 1. The van der Waals surface area contributed by atoms with Gasteiger partial charge in [0.2, 0.25) is 5.91 Å². The van der Waals surface area contributed by atoms with Crippen LogP contribution in [-0.4, -0.2) is 17.5 Å². The molecule has 136 valence electrons. The van der Waals surface area contributed by atoms with Crippen molar-refractivity contribution in [2.45, 2.75) is 85.2 Å². The molecule has 0 atom stereocenters. The van der Waals surface area contributed by atoms with Gasteiger partial charge in [0.05, 0.1) is 5.56 Å². The minimum Gasteiger partial charge on any atom is -0.456 e. The van der Waals surface area contributed by atoms with Crippen molar-refractivity contribution >= 4 is 28.2 Å². The highest BCUT2D eigenvalue weighted by Gasteiger charge is 2.23. The van der Waals surface area contributed by atoms with Crippen LogP contribution in [0.5, 0.6) is 0 Å². The van der Waals surface area contributed by atoms with Crippen molar-refractivity contribution in [2.24, 2.45) is 0 Å². The minimum atomic E-state index is -0.549. The summed E-state index contributed by atoms with van der Waals surface area (Å²) in [5, 5.41) is 3.47. The lowest BCUT2D eigenvalue weighted by Gasteiger charge is -2.19. The van der Waals surface area contributed by atoms with E-state index in [4.69, 9.17) is 4.74 Å². The van der Waals surface area contributed by atoms with Gasteiger partial charge in [-0.2, -0.15) is 0 Å². The lowest BCUT2D eigenvalue weighted by Crippen LogP contribution is -2.24. The molecule has 4 nitrogen and oxygen atoms in total. The van der Waals surface area contributed by atoms with Crippen LogP contribution in [0.25, 0.3) is 0 Å². The summed E-state index contributed by atoms with van der Waals surface area (Å²) in [5.74, 6) is -0.418. The van der Waals surface area contributed by atoms with E-state index in [1.165, 1.54) is 37.0 Å². The van der Waals surface area contributed by atoms with E-state index in [9.17, 15) is 9.59 Å². The first-order chi connectivity index (χ1) is 11.2. The molecule has 1 amide bonds. The highest BCUT2D eigenvalue weighted by molar-refractivity contribution is 7.16. The molecule has 0 spiro atoms. The van der Waals surface area contributed by atoms with Gasteiger partial charge in [-0.1, -0.05) is 39.0 Å². The Balaban J connectivity index is 2.52. The van der Waals surface area contributed by atoms with E-state index in [1.54, 1.807) is 6.07 Å². The van der Waals surface area contributed by atoms with Crippen LogP contribution in [0, 0.1) is 6.92 Å². The van der Waals surface area contributed by atoms with E-state index in [0.717, 1.165) is 17.7 Å². The van der Waals surface area contributed by atoms with Crippen LogP contribution < -0.4 is 5.32 Å². The number of aryl methyl sites for hydroxylation is 1. The number of anilines is 1. The van der Waals surface area contributed by atoms with Gasteiger partial charge in [0, 0.05) is 11.3 Å². The van der Waals surface area contributed by atoms with E-state index in [0.29, 0.717) is 17.0 Å². The quantitative estimate of drug-likeness (QED) is 0.457. The molecular weight excluding hydrogens is 322 g/mol. The van der Waals surface area contributed by atoms with Gasteiger partial charge >= 0.3 is 5.97 Å². The molecule has 0 unspecified atom stereocenters. The number of hydrogen-bond donors (Lipinski definition) is 1. The number of carbonyl (C=O) groups is 2. The van der Waals surface area contributed by atoms with Gasteiger partial charge in [-0.15, -0.1) is 11.3 Å². The molecule has 0 aliphatic rings. The van der Waals surface area contributed by atoms with Gasteiger partial charge in [-0.25, -0.2) is 4.79 Å². The molecule has 0 fully saturated rings. The summed E-state index contributed by atoms with van der Waals surface area (Å²) >= 11 is 1.41. The number of ether oxygens (including phenoxy) is 1. The third-order valence-electron chi connectivity index (χ3n) is 3.48. The fourth-order valence-corrected chi connectivity index (χ4v) is 3.26. The smallest absolute Gasteiger partial charge is 0.341 e. The molecule has 1 aromatic heterocycles. The van der Waals surface area contributed by atoms with Crippen LogP contribution in [0.1, 0.15) is 87.9 Å². The van der Waals surface area contributed by atoms with Crippen LogP contribution in [-0.2, 0) is 9.53 Å². The fraction of sp³-hybridized carbons (Fsp3) is 0.684. The van der Waals surface area contributed by atoms with Gasteiger partial charge in [-0.05, 0) is 40.2 Å². The summed E-state index contributed by atoms with van der Waals surface area (Å²) in [7, 11) is 0. The maximum atomic E-state index is 12.3. The highest BCUT2D eigenvalue weighted by Crippen LogP contribution is 2.29. The topological polar surface area (TPSA) is 55.4 Å². The summed E-state index contributed by atoms with van der Waals surface area (Å²) in [4.78, 5) is 25.4. The van der Waals surface area contributed by atoms with Crippen molar-refractivity contribution in [3.05, 3.63) is 16.5 Å². The SMILES string of the molecule is CCCCCCCCC(=O)Nc1sc(C)cc1C(=O)OC(C)(C)C. The predicted molar refractivity (Wildman–Crippen MR) is 101 cm³/mol. The van der Waals surface area contributed by atoms with Gasteiger partial charge in [0.1, 0.15) is 10.6 Å².